The summed E-state index contributed by atoms with van der Waals surface area (Å²) in [6.45, 7) is 4.53. The molecule has 2 aliphatic rings. The smallest absolute Gasteiger partial charge is 0.309 e. The number of carboxylic acids is 1. The van der Waals surface area contributed by atoms with Crippen molar-refractivity contribution in [2.75, 3.05) is 6.61 Å². The maximum atomic E-state index is 12.2. The van der Waals surface area contributed by atoms with Crippen LogP contribution in [-0.2, 0) is 16.1 Å². The first-order valence-corrected chi connectivity index (χ1v) is 12.4. The molecule has 2 aliphatic heterocycles. The van der Waals surface area contributed by atoms with Gasteiger partial charge in [0, 0.05) is 16.5 Å². The first kappa shape index (κ1) is 24.5. The molecule has 0 bridgehead atoms. The lowest BCUT2D eigenvalue weighted by Crippen LogP contribution is -2.53. The molecule has 0 aliphatic carbocycles. The van der Waals surface area contributed by atoms with Crippen molar-refractivity contribution in [3.63, 3.8) is 0 Å². The van der Waals surface area contributed by atoms with Crippen LogP contribution in [0.2, 0.25) is 5.02 Å². The Bertz CT molecular complexity index is 1210. The van der Waals surface area contributed by atoms with Gasteiger partial charge in [0.15, 0.2) is 0 Å². The van der Waals surface area contributed by atoms with Crippen LogP contribution in [0.5, 0.6) is 17.2 Å². The van der Waals surface area contributed by atoms with Gasteiger partial charge in [0.05, 0.1) is 12.0 Å². The fourth-order valence-electron chi connectivity index (χ4n) is 5.02. The van der Waals surface area contributed by atoms with Gasteiger partial charge in [-0.2, -0.15) is 0 Å². The zero-order valence-electron chi connectivity index (χ0n) is 20.2. The number of ether oxygens (including phenoxy) is 4. The summed E-state index contributed by atoms with van der Waals surface area (Å²) in [6, 6.07) is 22.7. The molecule has 7 heteroatoms. The Morgan fingerprint density at radius 3 is 2.47 bits per heavy atom. The molecule has 4 atom stereocenters. The minimum absolute atomic E-state index is 0.114. The number of hydrogen-bond acceptors (Lipinski definition) is 5. The molecule has 3 aromatic rings. The fraction of sp³-hybridized carbons (Fsp3) is 0.345. The van der Waals surface area contributed by atoms with Crippen molar-refractivity contribution in [1.29, 1.82) is 0 Å². The van der Waals surface area contributed by atoms with E-state index in [4.69, 9.17) is 30.5 Å². The van der Waals surface area contributed by atoms with Crippen LogP contribution in [0.1, 0.15) is 37.5 Å². The standard InChI is InChI=1S/C29H29ClO6/c1-29(2)24-15-23(28(31)32)26(17-34-20-10-8-19(30)9-11-20)35-27(24)22-14-21(12-13-25(22)36-29)33-16-18-6-4-3-5-7-18/h3-14,23-24,26-27H,15-17H2,1-2H3,(H,31,32)/t23-,24+,26+,27-/m1/s1. The van der Waals surface area contributed by atoms with Gasteiger partial charge in [-0.1, -0.05) is 41.9 Å². The third-order valence-corrected chi connectivity index (χ3v) is 7.24. The molecule has 0 saturated carbocycles. The van der Waals surface area contributed by atoms with E-state index in [-0.39, 0.29) is 18.6 Å². The Balaban J connectivity index is 1.39. The summed E-state index contributed by atoms with van der Waals surface area (Å²) in [5.74, 6) is 0.262. The highest BCUT2D eigenvalue weighted by Gasteiger charge is 2.52. The van der Waals surface area contributed by atoms with E-state index in [2.05, 4.69) is 0 Å². The number of carbonyl (C=O) groups is 1. The Kier molecular flexibility index (Phi) is 6.82. The predicted molar refractivity (Wildman–Crippen MR) is 136 cm³/mol. The second kappa shape index (κ2) is 10.0. The molecule has 0 unspecified atom stereocenters. The van der Waals surface area contributed by atoms with Crippen LogP contribution >= 0.6 is 11.6 Å². The van der Waals surface area contributed by atoms with Crippen LogP contribution in [-0.4, -0.2) is 29.4 Å². The number of carboxylic acid groups (broad SMARTS) is 1. The third-order valence-electron chi connectivity index (χ3n) is 6.99. The average Bonchev–Trinajstić information content (AvgIpc) is 2.87. The van der Waals surface area contributed by atoms with Gasteiger partial charge in [-0.05, 0) is 68.3 Å². The lowest BCUT2D eigenvalue weighted by atomic mass is 9.72. The number of hydrogen-bond donors (Lipinski definition) is 1. The number of fused-ring (bicyclic) bond motifs is 3. The van der Waals surface area contributed by atoms with Crippen LogP contribution in [0.15, 0.2) is 72.8 Å². The third kappa shape index (κ3) is 5.15. The van der Waals surface area contributed by atoms with E-state index in [0.717, 1.165) is 16.9 Å². The zero-order chi connectivity index (χ0) is 25.3. The van der Waals surface area contributed by atoms with Crippen molar-refractivity contribution in [2.45, 2.75) is 44.7 Å². The lowest BCUT2D eigenvalue weighted by Gasteiger charge is -2.50. The van der Waals surface area contributed by atoms with Crippen LogP contribution in [0.4, 0.5) is 0 Å². The number of aliphatic carboxylic acids is 1. The second-order valence-electron chi connectivity index (χ2n) is 9.83. The van der Waals surface area contributed by atoms with Gasteiger partial charge in [0.1, 0.15) is 42.2 Å². The zero-order valence-corrected chi connectivity index (χ0v) is 21.0. The Morgan fingerprint density at radius 2 is 1.75 bits per heavy atom. The van der Waals surface area contributed by atoms with Crippen molar-refractivity contribution in [3.8, 4) is 17.2 Å². The van der Waals surface area contributed by atoms with E-state index in [9.17, 15) is 9.90 Å². The highest BCUT2D eigenvalue weighted by molar-refractivity contribution is 6.30. The highest BCUT2D eigenvalue weighted by Crippen LogP contribution is 2.52. The summed E-state index contributed by atoms with van der Waals surface area (Å²) in [7, 11) is 0. The van der Waals surface area contributed by atoms with Crippen LogP contribution in [0.3, 0.4) is 0 Å². The van der Waals surface area contributed by atoms with Gasteiger partial charge >= 0.3 is 5.97 Å². The molecular weight excluding hydrogens is 480 g/mol. The summed E-state index contributed by atoms with van der Waals surface area (Å²) < 4.78 is 24.8. The molecular formula is C29H29ClO6. The molecule has 0 radical (unpaired) electrons. The van der Waals surface area contributed by atoms with Crippen molar-refractivity contribution >= 4 is 17.6 Å². The summed E-state index contributed by atoms with van der Waals surface area (Å²) in [6.07, 6.45) is -0.565. The molecule has 5 rings (SSSR count). The minimum Gasteiger partial charge on any atom is -0.491 e. The second-order valence-corrected chi connectivity index (χ2v) is 10.3. The SMILES string of the molecule is CC1(C)Oc2ccc(OCc3ccccc3)cc2[C@H]2O[C@@H](COc3ccc(Cl)cc3)[C@H](C(=O)O)C[C@@H]21. The summed E-state index contributed by atoms with van der Waals surface area (Å²) in [5, 5.41) is 10.6. The molecule has 1 saturated heterocycles. The maximum absolute atomic E-state index is 12.2. The van der Waals surface area contributed by atoms with Gasteiger partial charge < -0.3 is 24.1 Å². The van der Waals surface area contributed by atoms with Crippen molar-refractivity contribution in [3.05, 3.63) is 88.9 Å². The fourth-order valence-corrected chi connectivity index (χ4v) is 5.15. The average molecular weight is 509 g/mol. The lowest BCUT2D eigenvalue weighted by molar-refractivity contribution is -0.192. The van der Waals surface area contributed by atoms with Gasteiger partial charge in [-0.15, -0.1) is 0 Å². The molecule has 1 fully saturated rings. The number of benzene rings is 3. The van der Waals surface area contributed by atoms with Gasteiger partial charge in [0.25, 0.3) is 0 Å². The monoisotopic (exact) mass is 508 g/mol. The number of halogens is 1. The van der Waals surface area contributed by atoms with Gasteiger partial charge in [-0.25, -0.2) is 0 Å². The maximum Gasteiger partial charge on any atom is 0.309 e. The molecule has 1 N–H and O–H groups in total. The van der Waals surface area contributed by atoms with Gasteiger partial charge in [-0.3, -0.25) is 4.79 Å². The molecule has 0 aromatic heterocycles. The predicted octanol–water partition coefficient (Wildman–Crippen LogP) is 6.32. The van der Waals surface area contributed by atoms with Crippen molar-refractivity contribution < 1.29 is 28.8 Å². The van der Waals surface area contributed by atoms with Crippen LogP contribution < -0.4 is 14.2 Å². The first-order chi connectivity index (χ1) is 17.3. The van der Waals surface area contributed by atoms with Gasteiger partial charge in [0.2, 0.25) is 0 Å². The van der Waals surface area contributed by atoms with E-state index in [0.29, 0.717) is 29.5 Å². The van der Waals surface area contributed by atoms with E-state index < -0.39 is 23.6 Å². The molecule has 0 amide bonds. The van der Waals surface area contributed by atoms with Crippen molar-refractivity contribution in [1.82, 2.24) is 0 Å². The van der Waals surface area contributed by atoms with E-state index in [1.165, 1.54) is 0 Å². The summed E-state index contributed by atoms with van der Waals surface area (Å²) in [4.78, 5) is 12.2. The Labute approximate surface area is 215 Å². The molecule has 0 spiro atoms. The molecule has 36 heavy (non-hydrogen) atoms. The van der Waals surface area contributed by atoms with E-state index in [1.807, 2.05) is 62.4 Å². The molecule has 188 valence electrons. The quantitative estimate of drug-likeness (QED) is 0.403. The Morgan fingerprint density at radius 1 is 1.03 bits per heavy atom. The van der Waals surface area contributed by atoms with Crippen LogP contribution in [0, 0.1) is 11.8 Å². The topological polar surface area (TPSA) is 74.2 Å². The van der Waals surface area contributed by atoms with E-state index >= 15 is 0 Å². The molecule has 3 aromatic carbocycles. The Hall–Kier alpha value is -3.22. The first-order valence-electron chi connectivity index (χ1n) is 12.1. The minimum atomic E-state index is -0.903. The van der Waals surface area contributed by atoms with Crippen molar-refractivity contribution in [2.24, 2.45) is 11.8 Å². The molecule has 2 heterocycles. The normalized spacial score (nSPS) is 24.1. The van der Waals surface area contributed by atoms with E-state index in [1.54, 1.807) is 24.3 Å². The largest absolute Gasteiger partial charge is 0.491 e. The summed E-state index contributed by atoms with van der Waals surface area (Å²) in [5.41, 5.74) is 1.34. The highest BCUT2D eigenvalue weighted by atomic mass is 35.5. The number of rotatable bonds is 7. The summed E-state index contributed by atoms with van der Waals surface area (Å²) >= 11 is 5.97. The molecule has 6 nitrogen and oxygen atoms in total. The van der Waals surface area contributed by atoms with Crippen LogP contribution in [0.25, 0.3) is 0 Å².